The molecule has 0 atom stereocenters. The Labute approximate surface area is 261 Å². The number of fused-ring (bicyclic) bond motifs is 1. The highest BCUT2D eigenvalue weighted by molar-refractivity contribution is 5.96. The number of Topliss-reactive ketones (excluding diaryl/α,β-unsaturated/α-hetero) is 1. The highest BCUT2D eigenvalue weighted by Gasteiger charge is 2.42. The van der Waals surface area contributed by atoms with Gasteiger partial charge in [-0.3, -0.25) is 4.79 Å². The first kappa shape index (κ1) is 36.1. The molecule has 238 valence electrons. The number of piperidine rings is 1. The minimum absolute atomic E-state index is 0.210. The van der Waals surface area contributed by atoms with Crippen LogP contribution in [-0.2, 0) is 6.54 Å². The summed E-state index contributed by atoms with van der Waals surface area (Å²) >= 11 is 0. The molecule has 1 aromatic carbocycles. The average Bonchev–Trinajstić information content (AvgIpc) is 3.64. The van der Waals surface area contributed by atoms with Crippen molar-refractivity contribution in [2.45, 2.75) is 107 Å². The van der Waals surface area contributed by atoms with E-state index < -0.39 is 5.54 Å². The number of nitroso groups, excluding NO2 is 1. The van der Waals surface area contributed by atoms with Crippen LogP contribution in [0.15, 0.2) is 54.0 Å². The summed E-state index contributed by atoms with van der Waals surface area (Å²) in [6, 6.07) is 12.3. The number of likely N-dealkylation sites (tertiary alicyclic amines) is 1. The van der Waals surface area contributed by atoms with E-state index in [1.165, 1.54) is 30.3 Å². The van der Waals surface area contributed by atoms with E-state index in [2.05, 4.69) is 50.0 Å². The number of ketones is 1. The summed E-state index contributed by atoms with van der Waals surface area (Å²) in [5, 5.41) is 4.52. The van der Waals surface area contributed by atoms with Gasteiger partial charge in [0.05, 0.1) is 0 Å². The minimum Gasteiger partial charge on any atom is -0.371 e. The molecule has 2 fully saturated rings. The van der Waals surface area contributed by atoms with Gasteiger partial charge in [-0.25, -0.2) is 4.98 Å². The fraction of sp³-hybridized carbons (Fsp3) is 0.611. The van der Waals surface area contributed by atoms with Crippen LogP contribution in [0, 0.1) is 10.3 Å². The van der Waals surface area contributed by atoms with Gasteiger partial charge >= 0.3 is 0 Å². The summed E-state index contributed by atoms with van der Waals surface area (Å²) in [7, 11) is 0. The van der Waals surface area contributed by atoms with E-state index in [0.717, 1.165) is 62.5 Å². The maximum Gasteiger partial charge on any atom is 0.162 e. The predicted octanol–water partition coefficient (Wildman–Crippen LogP) is 8.98. The lowest BCUT2D eigenvalue weighted by molar-refractivity contribution is 0.0981. The van der Waals surface area contributed by atoms with Crippen molar-refractivity contribution in [3.63, 3.8) is 0 Å². The van der Waals surface area contributed by atoms with E-state index >= 15 is 0 Å². The molecule has 0 saturated carbocycles. The predicted molar refractivity (Wildman–Crippen MR) is 183 cm³/mol. The summed E-state index contributed by atoms with van der Waals surface area (Å²) in [4.78, 5) is 33.0. The quantitative estimate of drug-likeness (QED) is 0.183. The number of carbonyl (C=O) groups excluding carboxylic acids is 1. The van der Waals surface area contributed by atoms with Crippen LogP contribution in [0.1, 0.15) is 110 Å². The Balaban J connectivity index is 0.00000101. The highest BCUT2D eigenvalue weighted by atomic mass is 16.3. The van der Waals surface area contributed by atoms with Gasteiger partial charge in [0.2, 0.25) is 0 Å². The number of carbonyl (C=O) groups is 1. The molecular weight excluding hydrogens is 534 g/mol. The van der Waals surface area contributed by atoms with Crippen molar-refractivity contribution in [2.75, 3.05) is 37.6 Å². The van der Waals surface area contributed by atoms with E-state index in [4.69, 9.17) is 4.98 Å². The molecule has 7 nitrogen and oxygen atoms in total. The lowest BCUT2D eigenvalue weighted by atomic mass is 9.77. The summed E-state index contributed by atoms with van der Waals surface area (Å²) in [6.45, 7) is 23.6. The average molecular weight is 592 g/mol. The van der Waals surface area contributed by atoms with Crippen LogP contribution in [-0.4, -0.2) is 58.5 Å². The van der Waals surface area contributed by atoms with Gasteiger partial charge in [0.25, 0.3) is 0 Å². The molecule has 7 heteroatoms. The lowest BCUT2D eigenvalue weighted by Gasteiger charge is -2.41. The molecule has 2 aliphatic heterocycles. The Bertz CT molecular complexity index is 1260. The third-order valence-corrected chi connectivity index (χ3v) is 8.29. The molecule has 3 aromatic rings. The second-order valence-corrected chi connectivity index (χ2v) is 11.7. The Morgan fingerprint density at radius 3 is 2.16 bits per heavy atom. The number of aromatic nitrogens is 2. The van der Waals surface area contributed by atoms with E-state index in [-0.39, 0.29) is 5.78 Å². The van der Waals surface area contributed by atoms with Gasteiger partial charge in [0.1, 0.15) is 11.2 Å². The zero-order chi connectivity index (χ0) is 32.0. The van der Waals surface area contributed by atoms with E-state index in [0.29, 0.717) is 11.8 Å². The molecule has 0 aliphatic carbocycles. The van der Waals surface area contributed by atoms with E-state index in [1.54, 1.807) is 0 Å². The summed E-state index contributed by atoms with van der Waals surface area (Å²) in [6.07, 6.45) is 9.08. The zero-order valence-electron chi connectivity index (χ0n) is 28.4. The van der Waals surface area contributed by atoms with Crippen molar-refractivity contribution in [2.24, 2.45) is 10.6 Å². The van der Waals surface area contributed by atoms with Gasteiger partial charge in [0, 0.05) is 68.2 Å². The van der Waals surface area contributed by atoms with Crippen molar-refractivity contribution in [3.8, 4) is 0 Å². The summed E-state index contributed by atoms with van der Waals surface area (Å²) in [5.41, 5.74) is 4.06. The Morgan fingerprint density at radius 1 is 0.930 bits per heavy atom. The van der Waals surface area contributed by atoms with Crippen LogP contribution < -0.4 is 4.90 Å². The van der Waals surface area contributed by atoms with Gasteiger partial charge in [-0.05, 0) is 69.2 Å². The maximum atomic E-state index is 12.2. The van der Waals surface area contributed by atoms with Gasteiger partial charge < -0.3 is 14.4 Å². The van der Waals surface area contributed by atoms with Gasteiger partial charge in [-0.15, -0.1) is 0 Å². The molecule has 0 bridgehead atoms. The molecule has 0 N–H and O–H groups in total. The Hall–Kier alpha value is -3.06. The fourth-order valence-corrected chi connectivity index (χ4v) is 6.21. The van der Waals surface area contributed by atoms with Gasteiger partial charge in [-0.2, -0.15) is 4.91 Å². The van der Waals surface area contributed by atoms with Crippen LogP contribution in [0.2, 0.25) is 0 Å². The minimum atomic E-state index is -0.517. The third kappa shape index (κ3) is 9.21. The Kier molecular flexibility index (Phi) is 14.5. The van der Waals surface area contributed by atoms with Crippen molar-refractivity contribution in [1.29, 1.82) is 0 Å². The smallest absolute Gasteiger partial charge is 0.162 e. The molecule has 2 saturated heterocycles. The first-order valence-corrected chi connectivity index (χ1v) is 16.7. The largest absolute Gasteiger partial charge is 0.371 e. The molecule has 2 aliphatic rings. The molecule has 4 heterocycles. The molecular formula is C36H57N5O2. The molecule has 5 rings (SSSR count). The van der Waals surface area contributed by atoms with Crippen molar-refractivity contribution >= 4 is 22.5 Å². The number of hydrogen-bond acceptors (Lipinski definition) is 6. The maximum absolute atomic E-state index is 12.2. The van der Waals surface area contributed by atoms with E-state index in [1.807, 2.05) is 80.6 Å². The topological polar surface area (TPSA) is 70.8 Å². The number of hydrogen-bond donors (Lipinski definition) is 0. The van der Waals surface area contributed by atoms with Crippen LogP contribution in [0.25, 0.3) is 11.0 Å². The van der Waals surface area contributed by atoms with Crippen LogP contribution >= 0.6 is 0 Å². The van der Waals surface area contributed by atoms with E-state index in [9.17, 15) is 9.70 Å². The van der Waals surface area contributed by atoms with Crippen LogP contribution in [0.4, 0.5) is 5.69 Å². The first-order chi connectivity index (χ1) is 20.8. The second kappa shape index (κ2) is 17.3. The molecule has 0 radical (unpaired) electrons. The molecule has 2 aromatic heterocycles. The SMILES string of the molecule is CC.CC.CC.CCCC(=O)c1ccc(Cn2ccc3c(N4CCC5(CCN(CC(C)(C)N=O)C5)CC4)ccnc32)cc1. The summed E-state index contributed by atoms with van der Waals surface area (Å²) < 4.78 is 2.20. The number of nitrogens with zero attached hydrogens (tertiary/aromatic N) is 5. The second-order valence-electron chi connectivity index (χ2n) is 11.7. The number of benzene rings is 1. The number of anilines is 1. The van der Waals surface area contributed by atoms with Gasteiger partial charge in [-0.1, -0.05) is 77.9 Å². The van der Waals surface area contributed by atoms with Crippen molar-refractivity contribution in [1.82, 2.24) is 14.5 Å². The van der Waals surface area contributed by atoms with Crippen molar-refractivity contribution < 1.29 is 4.79 Å². The zero-order valence-corrected chi connectivity index (χ0v) is 28.4. The number of pyridine rings is 1. The fourth-order valence-electron chi connectivity index (χ4n) is 6.21. The molecule has 0 amide bonds. The van der Waals surface area contributed by atoms with Crippen molar-refractivity contribution in [3.05, 3.63) is 64.8 Å². The monoisotopic (exact) mass is 591 g/mol. The highest BCUT2D eigenvalue weighted by Crippen LogP contribution is 2.42. The lowest BCUT2D eigenvalue weighted by Crippen LogP contribution is -2.43. The number of rotatable bonds is 9. The normalized spacial score (nSPS) is 16.0. The summed E-state index contributed by atoms with van der Waals surface area (Å²) in [5.74, 6) is 0.210. The molecule has 43 heavy (non-hydrogen) atoms. The molecule has 1 spiro atoms. The molecule has 0 unspecified atom stereocenters. The first-order valence-electron chi connectivity index (χ1n) is 16.7. The van der Waals surface area contributed by atoms with Crippen LogP contribution in [0.5, 0.6) is 0 Å². The standard InChI is InChI=1S/C30H39N5O2.3C2H6/c1-4-5-27(36)24-8-6-23(7-9-24)20-35-16-11-25-26(10-15-31-28(25)35)34-18-13-30(14-19-34)12-17-33(22-30)21-29(2,3)32-37;3*1-2/h6-11,15-16H,4-5,12-14,17-22H2,1-3H3;3*1-2H3. The van der Waals surface area contributed by atoms with Crippen LogP contribution in [0.3, 0.4) is 0 Å². The van der Waals surface area contributed by atoms with Gasteiger partial charge in [0.15, 0.2) is 5.78 Å². The Morgan fingerprint density at radius 2 is 1.56 bits per heavy atom. The third-order valence-electron chi connectivity index (χ3n) is 8.29.